The Morgan fingerprint density at radius 1 is 1.18 bits per heavy atom. The number of nitrogens with zero attached hydrogens (tertiary/aromatic N) is 5. The molecule has 2 heterocycles. The van der Waals surface area contributed by atoms with Crippen LogP contribution in [0.15, 0.2) is 31.1 Å². The van der Waals surface area contributed by atoms with Gasteiger partial charge in [-0.1, -0.05) is 0 Å². The predicted molar refractivity (Wildman–Crippen MR) is 41.6 cm³/mol. The Balaban J connectivity index is 2.14. The minimum absolute atomic E-state index is 0.479. The van der Waals surface area contributed by atoms with Gasteiger partial charge in [0.2, 0.25) is 0 Å². The molecule has 0 bridgehead atoms. The molecule has 5 nitrogen and oxygen atoms in total. The van der Waals surface area contributed by atoms with Crippen molar-refractivity contribution >= 4 is 7.55 Å². The summed E-state index contributed by atoms with van der Waals surface area (Å²) in [5, 5.41) is 8.07. The van der Waals surface area contributed by atoms with E-state index in [0.29, 0.717) is 0 Å². The molecule has 0 spiro atoms. The summed E-state index contributed by atoms with van der Waals surface area (Å²) in [5.41, 5.74) is 0. The Morgan fingerprint density at radius 2 is 2.18 bits per heavy atom. The van der Waals surface area contributed by atoms with E-state index in [2.05, 4.69) is 15.2 Å². The Labute approximate surface area is 64.0 Å². The third kappa shape index (κ3) is 1.29. The van der Waals surface area contributed by atoms with Gasteiger partial charge in [-0.15, -0.1) is 0 Å². The molecule has 11 heavy (non-hydrogen) atoms. The van der Waals surface area contributed by atoms with Crippen LogP contribution in [-0.2, 0) is 0 Å². The fourth-order valence-corrected chi connectivity index (χ4v) is 1.04. The summed E-state index contributed by atoms with van der Waals surface area (Å²) >= 11 is 0. The molecule has 0 amide bonds. The van der Waals surface area contributed by atoms with Gasteiger partial charge in [-0.25, -0.2) is 15.2 Å². The van der Waals surface area contributed by atoms with Gasteiger partial charge in [0.25, 0.3) is 0 Å². The Hall–Kier alpha value is -1.59. The molecule has 0 radical (unpaired) electrons. The van der Waals surface area contributed by atoms with Crippen LogP contribution in [0.5, 0.6) is 0 Å². The lowest BCUT2D eigenvalue weighted by atomic mass is 10.2. The van der Waals surface area contributed by atoms with Crippen LogP contribution in [-0.4, -0.2) is 31.9 Å². The van der Waals surface area contributed by atoms with Crippen LogP contribution in [0.2, 0.25) is 0 Å². The van der Waals surface area contributed by atoms with Gasteiger partial charge < -0.3 is 9.19 Å². The molecule has 2 aromatic heterocycles. The monoisotopic (exact) mass is 148 g/mol. The highest BCUT2D eigenvalue weighted by Crippen LogP contribution is 1.80. The van der Waals surface area contributed by atoms with Gasteiger partial charge in [0.05, 0.1) is 6.33 Å². The van der Waals surface area contributed by atoms with Crippen LogP contribution in [0, 0.1) is 0 Å². The molecule has 0 atom stereocenters. The predicted octanol–water partition coefficient (Wildman–Crippen LogP) is -1.13. The molecule has 0 N–H and O–H groups in total. The van der Waals surface area contributed by atoms with Crippen molar-refractivity contribution in [2.24, 2.45) is 0 Å². The maximum Gasteiger partial charge on any atom is 0.200 e. The van der Waals surface area contributed by atoms with Crippen molar-refractivity contribution in [1.29, 1.82) is 0 Å². The Bertz CT molecular complexity index is 267. The summed E-state index contributed by atoms with van der Waals surface area (Å²) < 4.78 is 3.72. The first-order valence-electron chi connectivity index (χ1n) is 3.51. The van der Waals surface area contributed by atoms with E-state index in [0.717, 1.165) is 0 Å². The fraction of sp³-hybridized carbons (Fsp3) is 0. The molecule has 2 aromatic rings. The van der Waals surface area contributed by atoms with Gasteiger partial charge in [-0.3, -0.25) is 0 Å². The third-order valence-electron chi connectivity index (χ3n) is 1.58. The minimum Gasteiger partial charge on any atom is -0.428 e. The number of hydrogen-bond acceptors (Lipinski definition) is 3. The molecule has 0 saturated carbocycles. The van der Waals surface area contributed by atoms with Gasteiger partial charge in [-0.2, -0.15) is 0 Å². The summed E-state index contributed by atoms with van der Waals surface area (Å²) in [5.74, 6) is 0. The fourth-order valence-electron chi connectivity index (χ4n) is 1.04. The van der Waals surface area contributed by atoms with Gasteiger partial charge in [0.15, 0.2) is 7.55 Å². The third-order valence-corrected chi connectivity index (χ3v) is 1.58. The van der Waals surface area contributed by atoms with Crippen LogP contribution in [0.3, 0.4) is 0 Å². The van der Waals surface area contributed by atoms with Crippen LogP contribution in [0.25, 0.3) is 0 Å². The smallest absolute Gasteiger partial charge is 0.200 e. The number of aromatic nitrogens is 5. The molecule has 0 aromatic carbocycles. The lowest BCUT2D eigenvalue weighted by molar-refractivity contribution is 0.883. The van der Waals surface area contributed by atoms with Crippen LogP contribution in [0.4, 0.5) is 0 Å². The summed E-state index contributed by atoms with van der Waals surface area (Å²) in [6.07, 6.45) is 6.94. The van der Waals surface area contributed by atoms with E-state index in [4.69, 9.17) is 0 Å². The highest BCUT2D eigenvalue weighted by atomic mass is 15.3. The first-order chi connectivity index (χ1) is 5.45. The van der Waals surface area contributed by atoms with Gasteiger partial charge >= 0.3 is 0 Å². The second-order valence-electron chi connectivity index (χ2n) is 2.45. The molecule has 0 fully saturated rings. The normalized spacial score (nSPS) is 10.2. The number of rotatable bonds is 2. The van der Waals surface area contributed by atoms with Crippen LogP contribution < -0.4 is 0 Å². The second kappa shape index (κ2) is 2.57. The zero-order chi connectivity index (χ0) is 7.52. The topological polar surface area (TPSA) is 48.5 Å². The van der Waals surface area contributed by atoms with E-state index in [1.807, 2.05) is 21.4 Å². The summed E-state index contributed by atoms with van der Waals surface area (Å²) in [6.45, 7) is 0. The van der Waals surface area contributed by atoms with Crippen molar-refractivity contribution in [3.8, 4) is 0 Å². The van der Waals surface area contributed by atoms with Crippen LogP contribution in [0.1, 0.15) is 0 Å². The summed E-state index contributed by atoms with van der Waals surface area (Å²) in [6, 6.07) is 1.90. The van der Waals surface area contributed by atoms with Gasteiger partial charge in [0.1, 0.15) is 6.33 Å². The van der Waals surface area contributed by atoms with Crippen molar-refractivity contribution in [1.82, 2.24) is 24.4 Å². The standard InChI is InChI=1S/C5H7BN5/c1-2-8-10(3-1)6-11-5-7-4-9-11/h1-5H,6H2/q-1. The highest BCUT2D eigenvalue weighted by Gasteiger charge is 1.85. The maximum atomic E-state index is 4.07. The Morgan fingerprint density at radius 3 is 2.82 bits per heavy atom. The van der Waals surface area contributed by atoms with Crippen LogP contribution >= 0.6 is 0 Å². The van der Waals surface area contributed by atoms with Crippen molar-refractivity contribution < 1.29 is 0 Å². The molecular formula is C5H7BN5-. The maximum absolute atomic E-state index is 4.07. The van der Waals surface area contributed by atoms with E-state index in [9.17, 15) is 0 Å². The van der Waals surface area contributed by atoms with E-state index < -0.39 is 7.55 Å². The lowest BCUT2D eigenvalue weighted by Crippen LogP contribution is -2.17. The zero-order valence-electron chi connectivity index (χ0n) is 6.12. The van der Waals surface area contributed by atoms with E-state index in [-0.39, 0.29) is 0 Å². The van der Waals surface area contributed by atoms with E-state index in [1.54, 1.807) is 12.5 Å². The lowest BCUT2D eigenvalue weighted by Gasteiger charge is -2.07. The molecular weight excluding hydrogens is 141 g/mol. The Kier molecular flexibility index (Phi) is 1.44. The molecule has 0 saturated heterocycles. The molecule has 6 heteroatoms. The van der Waals surface area contributed by atoms with Gasteiger partial charge in [-0.05, 0) is 12.3 Å². The molecule has 0 aliphatic heterocycles. The van der Waals surface area contributed by atoms with Crippen molar-refractivity contribution in [2.75, 3.05) is 0 Å². The first kappa shape index (κ1) is 6.15. The largest absolute Gasteiger partial charge is 0.428 e. The first-order valence-corrected chi connectivity index (χ1v) is 3.51. The van der Waals surface area contributed by atoms with Crippen molar-refractivity contribution in [2.45, 2.75) is 0 Å². The SMILES string of the molecule is [BH2-](n1cccn1)n1cncn1. The molecule has 2 rings (SSSR count). The quantitative estimate of drug-likeness (QED) is 0.506. The van der Waals surface area contributed by atoms with Crippen molar-refractivity contribution in [3.63, 3.8) is 0 Å². The molecule has 0 aliphatic carbocycles. The highest BCUT2D eigenvalue weighted by molar-refractivity contribution is 6.30. The summed E-state index contributed by atoms with van der Waals surface area (Å²) in [4.78, 5) is 3.84. The molecule has 0 unspecified atom stereocenters. The van der Waals surface area contributed by atoms with Crippen molar-refractivity contribution in [3.05, 3.63) is 31.1 Å². The summed E-state index contributed by atoms with van der Waals surface area (Å²) in [7, 11) is -0.479. The minimum atomic E-state index is -0.479. The molecule has 56 valence electrons. The second-order valence-corrected chi connectivity index (χ2v) is 2.45. The molecule has 0 aliphatic rings. The average molecular weight is 148 g/mol. The van der Waals surface area contributed by atoms with E-state index >= 15 is 0 Å². The van der Waals surface area contributed by atoms with E-state index in [1.165, 1.54) is 6.33 Å². The zero-order valence-corrected chi connectivity index (χ0v) is 6.12. The average Bonchev–Trinajstić information content (AvgIpc) is 2.60. The van der Waals surface area contributed by atoms with Gasteiger partial charge in [0, 0.05) is 6.20 Å². The number of hydrogen-bond donors (Lipinski definition) is 0.